The van der Waals surface area contributed by atoms with Gasteiger partial charge in [-0.3, -0.25) is 14.9 Å². The Morgan fingerprint density at radius 1 is 1.60 bits per heavy atom. The number of halogens is 3. The molecule has 110 valence electrons. The van der Waals surface area contributed by atoms with Crippen LogP contribution < -0.4 is 0 Å². The Hall–Kier alpha value is -1.87. The smallest absolute Gasteiger partial charge is 0.288 e. The highest BCUT2D eigenvalue weighted by Crippen LogP contribution is 2.21. The summed E-state index contributed by atoms with van der Waals surface area (Å²) in [5, 5.41) is 19.0. The van der Waals surface area contributed by atoms with Gasteiger partial charge in [-0.1, -0.05) is 11.6 Å². The van der Waals surface area contributed by atoms with Crippen LogP contribution in [0.1, 0.15) is 10.4 Å². The molecule has 0 saturated carbocycles. The van der Waals surface area contributed by atoms with Gasteiger partial charge >= 0.3 is 0 Å². The molecule has 1 heterocycles. The van der Waals surface area contributed by atoms with Crippen molar-refractivity contribution in [3.63, 3.8) is 0 Å². The molecule has 1 rings (SSSR count). The molecule has 0 bridgehead atoms. The van der Waals surface area contributed by atoms with Gasteiger partial charge < -0.3 is 10.0 Å². The zero-order valence-electron chi connectivity index (χ0n) is 10.0. The topological polar surface area (TPSA) is 96.6 Å². The van der Waals surface area contributed by atoms with Gasteiger partial charge in [0.1, 0.15) is 11.3 Å². The summed E-state index contributed by atoms with van der Waals surface area (Å²) in [6.07, 6.45) is -1.96. The molecule has 1 N–H and O–H groups in total. The van der Waals surface area contributed by atoms with E-state index < -0.39 is 36.1 Å². The van der Waals surface area contributed by atoms with E-state index in [4.69, 9.17) is 16.7 Å². The summed E-state index contributed by atoms with van der Waals surface area (Å²) in [4.78, 5) is 25.9. The number of aromatic nitrogens is 1. The molecule has 0 aromatic carbocycles. The van der Waals surface area contributed by atoms with Crippen molar-refractivity contribution < 1.29 is 23.6 Å². The molecule has 0 aliphatic heterocycles. The van der Waals surface area contributed by atoms with Gasteiger partial charge in [0.2, 0.25) is 0 Å². The van der Waals surface area contributed by atoms with Crippen molar-refractivity contribution in [1.29, 1.82) is 0 Å². The first-order valence-corrected chi connectivity index (χ1v) is 5.72. The van der Waals surface area contributed by atoms with Crippen molar-refractivity contribution in [2.75, 3.05) is 19.7 Å². The highest BCUT2D eigenvalue weighted by molar-refractivity contribution is 6.32. The number of hydrogen-bond donors (Lipinski definition) is 1. The van der Waals surface area contributed by atoms with Crippen LogP contribution in [0.5, 0.6) is 0 Å². The third-order valence-electron chi connectivity index (χ3n) is 2.28. The number of carbonyl (C=O) groups excluding carboxylic acids is 1. The molecule has 0 atom stereocenters. The van der Waals surface area contributed by atoms with Gasteiger partial charge in [-0.25, -0.2) is 13.8 Å². The molecule has 1 amide bonds. The maximum Gasteiger partial charge on any atom is 0.288 e. The first kappa shape index (κ1) is 16.2. The van der Waals surface area contributed by atoms with Gasteiger partial charge in [-0.05, 0) is 0 Å². The van der Waals surface area contributed by atoms with Crippen LogP contribution in [0.2, 0.25) is 5.15 Å². The van der Waals surface area contributed by atoms with E-state index in [9.17, 15) is 23.7 Å². The van der Waals surface area contributed by atoms with Crippen molar-refractivity contribution >= 4 is 23.2 Å². The normalized spacial score (nSPS) is 10.7. The Bertz CT molecular complexity index is 515. The predicted molar refractivity (Wildman–Crippen MR) is 64.9 cm³/mol. The number of alkyl halides is 2. The van der Waals surface area contributed by atoms with Gasteiger partial charge in [0.05, 0.1) is 23.6 Å². The highest BCUT2D eigenvalue weighted by Gasteiger charge is 2.24. The zero-order valence-corrected chi connectivity index (χ0v) is 10.8. The van der Waals surface area contributed by atoms with Crippen molar-refractivity contribution in [2.45, 2.75) is 6.43 Å². The molecule has 20 heavy (non-hydrogen) atoms. The number of aliphatic hydroxyl groups is 1. The SMILES string of the molecule is O=C(c1cc([N+](=O)[O-])cnc1Cl)N(CCO)CC(F)F. The van der Waals surface area contributed by atoms with Gasteiger partial charge in [0.25, 0.3) is 18.0 Å². The first-order chi connectivity index (χ1) is 9.36. The lowest BCUT2D eigenvalue weighted by atomic mass is 10.2. The molecule has 0 unspecified atom stereocenters. The quantitative estimate of drug-likeness (QED) is 0.486. The minimum Gasteiger partial charge on any atom is -0.395 e. The van der Waals surface area contributed by atoms with E-state index in [1.165, 1.54) is 0 Å². The Morgan fingerprint density at radius 2 is 2.25 bits per heavy atom. The fourth-order valence-corrected chi connectivity index (χ4v) is 1.60. The predicted octanol–water partition coefficient (Wildman–Crippen LogP) is 1.34. The average molecular weight is 310 g/mol. The fourth-order valence-electron chi connectivity index (χ4n) is 1.42. The minimum absolute atomic E-state index is 0.335. The standard InChI is InChI=1S/C10H10ClF2N3O4/c11-9-7(3-6(4-14-9)16(19)20)10(18)15(1-2-17)5-8(12)13/h3-4,8,17H,1-2,5H2. The largest absolute Gasteiger partial charge is 0.395 e. The summed E-state index contributed by atoms with van der Waals surface area (Å²) in [7, 11) is 0. The number of hydrogen-bond acceptors (Lipinski definition) is 5. The number of amides is 1. The Balaban J connectivity index is 3.10. The highest BCUT2D eigenvalue weighted by atomic mass is 35.5. The number of pyridine rings is 1. The van der Waals surface area contributed by atoms with Crippen LogP contribution in [-0.2, 0) is 0 Å². The molecule has 0 spiro atoms. The van der Waals surface area contributed by atoms with Gasteiger partial charge in [-0.15, -0.1) is 0 Å². The van der Waals surface area contributed by atoms with E-state index in [1.54, 1.807) is 0 Å². The van der Waals surface area contributed by atoms with Crippen LogP contribution in [0, 0.1) is 10.1 Å². The summed E-state index contributed by atoms with van der Waals surface area (Å²) < 4.78 is 24.7. The van der Waals surface area contributed by atoms with Crippen molar-refractivity contribution in [3.8, 4) is 0 Å². The lowest BCUT2D eigenvalue weighted by molar-refractivity contribution is -0.385. The molecule has 7 nitrogen and oxygen atoms in total. The number of nitrogens with zero attached hydrogens (tertiary/aromatic N) is 3. The van der Waals surface area contributed by atoms with E-state index in [0.29, 0.717) is 4.90 Å². The summed E-state index contributed by atoms with van der Waals surface area (Å²) >= 11 is 5.65. The first-order valence-electron chi connectivity index (χ1n) is 5.35. The molecular weight excluding hydrogens is 300 g/mol. The molecule has 1 aromatic heterocycles. The summed E-state index contributed by atoms with van der Waals surface area (Å²) in [5.74, 6) is -0.958. The van der Waals surface area contributed by atoms with Crippen LogP contribution in [0.25, 0.3) is 0 Å². The van der Waals surface area contributed by atoms with Gasteiger partial charge in [-0.2, -0.15) is 0 Å². The monoisotopic (exact) mass is 309 g/mol. The fraction of sp³-hybridized carbons (Fsp3) is 0.400. The van der Waals surface area contributed by atoms with E-state index >= 15 is 0 Å². The second-order valence-electron chi connectivity index (χ2n) is 3.65. The van der Waals surface area contributed by atoms with Gasteiger partial charge in [0.15, 0.2) is 0 Å². The number of aliphatic hydroxyl groups excluding tert-OH is 1. The Labute approximate surface area is 116 Å². The van der Waals surface area contributed by atoms with Crippen LogP contribution in [-0.4, -0.2) is 51.9 Å². The molecule has 0 saturated heterocycles. The van der Waals surface area contributed by atoms with E-state index in [1.807, 2.05) is 0 Å². The average Bonchev–Trinajstić information content (AvgIpc) is 2.37. The Morgan fingerprint density at radius 3 is 2.75 bits per heavy atom. The lowest BCUT2D eigenvalue weighted by Gasteiger charge is -2.21. The van der Waals surface area contributed by atoms with Crippen LogP contribution >= 0.6 is 11.6 Å². The van der Waals surface area contributed by atoms with Crippen LogP contribution in [0.3, 0.4) is 0 Å². The third kappa shape index (κ3) is 4.07. The Kier molecular flexibility index (Phi) is 5.71. The molecule has 0 aliphatic carbocycles. The minimum atomic E-state index is -2.81. The summed E-state index contributed by atoms with van der Waals surface area (Å²) in [6, 6.07) is 0.855. The molecule has 10 heteroatoms. The number of nitro groups is 1. The molecule has 0 radical (unpaired) electrons. The van der Waals surface area contributed by atoms with Crippen molar-refractivity contribution in [3.05, 3.63) is 33.1 Å². The second kappa shape index (κ2) is 7.06. The lowest BCUT2D eigenvalue weighted by Crippen LogP contribution is -2.37. The molecule has 0 aliphatic rings. The molecular formula is C10H10ClF2N3O4. The van der Waals surface area contributed by atoms with Crippen LogP contribution in [0.15, 0.2) is 12.3 Å². The van der Waals surface area contributed by atoms with E-state index in [0.717, 1.165) is 12.3 Å². The summed E-state index contributed by atoms with van der Waals surface area (Å²) in [5.41, 5.74) is -0.853. The van der Waals surface area contributed by atoms with E-state index in [-0.39, 0.29) is 17.3 Å². The summed E-state index contributed by atoms with van der Waals surface area (Å²) in [6.45, 7) is -1.79. The molecule has 0 fully saturated rings. The zero-order chi connectivity index (χ0) is 15.3. The van der Waals surface area contributed by atoms with Crippen LogP contribution in [0.4, 0.5) is 14.5 Å². The van der Waals surface area contributed by atoms with Crippen molar-refractivity contribution in [1.82, 2.24) is 9.88 Å². The van der Waals surface area contributed by atoms with Crippen molar-refractivity contribution in [2.24, 2.45) is 0 Å². The number of carbonyl (C=O) groups is 1. The van der Waals surface area contributed by atoms with E-state index in [2.05, 4.69) is 4.98 Å². The van der Waals surface area contributed by atoms with Gasteiger partial charge in [0, 0.05) is 12.6 Å². The maximum absolute atomic E-state index is 12.4. The number of rotatable bonds is 6. The maximum atomic E-state index is 12.4. The second-order valence-corrected chi connectivity index (χ2v) is 4.01. The molecule has 1 aromatic rings. The third-order valence-corrected chi connectivity index (χ3v) is 2.58.